The average Bonchev–Trinajstić information content (AvgIpc) is 2.71. The maximum atomic E-state index is 11.7. The number of anilines is 1. The van der Waals surface area contributed by atoms with Gasteiger partial charge in [0.15, 0.2) is 0 Å². The first-order chi connectivity index (χ1) is 8.79. The van der Waals surface area contributed by atoms with Gasteiger partial charge in [0.05, 0.1) is 4.92 Å². The van der Waals surface area contributed by atoms with Crippen molar-refractivity contribution in [3.8, 4) is 0 Å². The van der Waals surface area contributed by atoms with Gasteiger partial charge in [-0.3, -0.25) is 19.8 Å². The van der Waals surface area contributed by atoms with Crippen molar-refractivity contribution in [2.24, 2.45) is 5.14 Å². The number of carbonyl (C=O) groups excluding carboxylic acids is 1. The summed E-state index contributed by atoms with van der Waals surface area (Å²) < 4.78 is 22.4. The second-order valence-electron chi connectivity index (χ2n) is 4.05. The minimum atomic E-state index is -3.80. The zero-order valence-electron chi connectivity index (χ0n) is 9.59. The molecule has 0 bridgehead atoms. The maximum absolute atomic E-state index is 11.7. The van der Waals surface area contributed by atoms with Gasteiger partial charge in [-0.2, -0.15) is 0 Å². The van der Waals surface area contributed by atoms with Gasteiger partial charge >= 0.3 is 0 Å². The van der Waals surface area contributed by atoms with E-state index in [-0.39, 0.29) is 24.5 Å². The number of rotatable bonds is 3. The highest BCUT2D eigenvalue weighted by Crippen LogP contribution is 2.23. The van der Waals surface area contributed by atoms with Crippen molar-refractivity contribution in [2.75, 3.05) is 11.4 Å². The Morgan fingerprint density at radius 3 is 2.58 bits per heavy atom. The summed E-state index contributed by atoms with van der Waals surface area (Å²) >= 11 is 0. The third-order valence-corrected chi connectivity index (χ3v) is 4.02. The molecule has 1 fully saturated rings. The van der Waals surface area contributed by atoms with Gasteiger partial charge < -0.3 is 0 Å². The molecule has 1 aromatic heterocycles. The second-order valence-corrected chi connectivity index (χ2v) is 5.90. The highest BCUT2D eigenvalue weighted by atomic mass is 32.2. The molecule has 102 valence electrons. The quantitative estimate of drug-likeness (QED) is 0.581. The monoisotopic (exact) mass is 286 g/mol. The van der Waals surface area contributed by atoms with Gasteiger partial charge in [0.2, 0.25) is 15.9 Å². The van der Waals surface area contributed by atoms with E-state index >= 15 is 0 Å². The maximum Gasteiger partial charge on any atom is 0.287 e. The number of hydrogen-bond acceptors (Lipinski definition) is 6. The summed E-state index contributed by atoms with van der Waals surface area (Å²) in [5, 5.41) is 14.5. The summed E-state index contributed by atoms with van der Waals surface area (Å²) in [6.45, 7) is -0.0948. The summed E-state index contributed by atoms with van der Waals surface area (Å²) in [6, 6.07) is 2.49. The molecule has 0 aromatic carbocycles. The third kappa shape index (κ3) is 2.69. The smallest absolute Gasteiger partial charge is 0.287 e. The Balaban J connectivity index is 2.23. The second kappa shape index (κ2) is 4.55. The molecule has 2 heterocycles. The molecule has 1 amide bonds. The molecular formula is C9H10N4O5S. The van der Waals surface area contributed by atoms with Crippen LogP contribution in [0.5, 0.6) is 0 Å². The Morgan fingerprint density at radius 2 is 2.16 bits per heavy atom. The largest absolute Gasteiger partial charge is 0.295 e. The van der Waals surface area contributed by atoms with Crippen LogP contribution in [0.15, 0.2) is 18.3 Å². The van der Waals surface area contributed by atoms with Crippen LogP contribution in [0.1, 0.15) is 6.42 Å². The van der Waals surface area contributed by atoms with Crippen LogP contribution < -0.4 is 10.0 Å². The first kappa shape index (κ1) is 13.4. The first-order valence-electron chi connectivity index (χ1n) is 5.21. The van der Waals surface area contributed by atoms with Crippen molar-refractivity contribution in [1.82, 2.24) is 4.98 Å². The summed E-state index contributed by atoms with van der Waals surface area (Å²) in [7, 11) is -3.80. The zero-order chi connectivity index (χ0) is 14.2. The molecule has 0 spiro atoms. The van der Waals surface area contributed by atoms with Crippen molar-refractivity contribution < 1.29 is 18.1 Å². The molecular weight excluding hydrogens is 276 g/mol. The molecule has 1 atom stereocenters. The number of nitro groups is 1. The lowest BCUT2D eigenvalue weighted by Crippen LogP contribution is -2.32. The predicted molar refractivity (Wildman–Crippen MR) is 64.8 cm³/mol. The molecule has 1 aliphatic rings. The molecule has 9 nitrogen and oxygen atoms in total. The number of pyridine rings is 1. The Labute approximate surface area is 108 Å². The van der Waals surface area contributed by atoms with Crippen LogP contribution in [-0.4, -0.2) is 36.0 Å². The van der Waals surface area contributed by atoms with E-state index in [1.165, 1.54) is 12.1 Å². The van der Waals surface area contributed by atoms with E-state index in [2.05, 4.69) is 4.98 Å². The first-order valence-corrected chi connectivity index (χ1v) is 6.82. The van der Waals surface area contributed by atoms with Crippen molar-refractivity contribution in [1.29, 1.82) is 0 Å². The molecule has 0 aliphatic carbocycles. The Kier molecular flexibility index (Phi) is 3.20. The van der Waals surface area contributed by atoms with Crippen LogP contribution in [0.4, 0.5) is 11.5 Å². The molecule has 1 unspecified atom stereocenters. The van der Waals surface area contributed by atoms with Crippen molar-refractivity contribution >= 4 is 27.4 Å². The van der Waals surface area contributed by atoms with Crippen LogP contribution in [-0.2, 0) is 14.8 Å². The fourth-order valence-corrected chi connectivity index (χ4v) is 2.49. The summed E-state index contributed by atoms with van der Waals surface area (Å²) in [6.07, 6.45) is 0.796. The van der Waals surface area contributed by atoms with Gasteiger partial charge in [-0.25, -0.2) is 18.5 Å². The van der Waals surface area contributed by atoms with Crippen LogP contribution in [0, 0.1) is 10.1 Å². The normalized spacial score (nSPS) is 19.7. The SMILES string of the molecule is NS(=O)(=O)C1CC(=O)N(c2ccc([N+](=O)[O-])cn2)C1. The summed E-state index contributed by atoms with van der Waals surface area (Å²) in [5.41, 5.74) is -0.210. The number of carbonyl (C=O) groups is 1. The van der Waals surface area contributed by atoms with Crippen molar-refractivity contribution in [3.05, 3.63) is 28.4 Å². The Hall–Kier alpha value is -2.07. The molecule has 0 radical (unpaired) electrons. The summed E-state index contributed by atoms with van der Waals surface area (Å²) in [5.74, 6) is -0.262. The van der Waals surface area contributed by atoms with E-state index in [0.29, 0.717) is 0 Å². The zero-order valence-corrected chi connectivity index (χ0v) is 10.4. The number of primary sulfonamides is 1. The van der Waals surface area contributed by atoms with E-state index in [4.69, 9.17) is 5.14 Å². The molecule has 1 aliphatic heterocycles. The molecule has 2 rings (SSSR count). The highest BCUT2D eigenvalue weighted by Gasteiger charge is 2.37. The van der Waals surface area contributed by atoms with Crippen molar-refractivity contribution in [2.45, 2.75) is 11.7 Å². The van der Waals surface area contributed by atoms with Crippen LogP contribution >= 0.6 is 0 Å². The van der Waals surface area contributed by atoms with Gasteiger partial charge in [-0.1, -0.05) is 0 Å². The van der Waals surface area contributed by atoms with E-state index in [0.717, 1.165) is 11.1 Å². The fraction of sp³-hybridized carbons (Fsp3) is 0.333. The van der Waals surface area contributed by atoms with Gasteiger partial charge in [0.25, 0.3) is 5.69 Å². The minimum Gasteiger partial charge on any atom is -0.295 e. The number of hydrogen-bond donors (Lipinski definition) is 1. The van der Waals surface area contributed by atoms with Crippen LogP contribution in [0.3, 0.4) is 0 Å². The van der Waals surface area contributed by atoms with Gasteiger partial charge in [-0.15, -0.1) is 0 Å². The molecule has 2 N–H and O–H groups in total. The molecule has 0 saturated carbocycles. The highest BCUT2D eigenvalue weighted by molar-refractivity contribution is 7.89. The third-order valence-electron chi connectivity index (χ3n) is 2.77. The molecule has 10 heteroatoms. The Morgan fingerprint density at radius 1 is 1.47 bits per heavy atom. The fourth-order valence-electron chi connectivity index (χ4n) is 1.76. The number of sulfonamides is 1. The van der Waals surface area contributed by atoms with Crippen molar-refractivity contribution in [3.63, 3.8) is 0 Å². The number of nitrogens with zero attached hydrogens (tertiary/aromatic N) is 3. The van der Waals surface area contributed by atoms with E-state index < -0.39 is 26.1 Å². The number of aromatic nitrogens is 1. The summed E-state index contributed by atoms with van der Waals surface area (Å²) in [4.78, 5) is 26.5. The van der Waals surface area contributed by atoms with E-state index in [1.807, 2.05) is 0 Å². The van der Waals surface area contributed by atoms with Gasteiger partial charge in [0.1, 0.15) is 17.3 Å². The number of amides is 1. The predicted octanol–water partition coefficient (Wildman–Crippen LogP) is -0.616. The van der Waals surface area contributed by atoms with Crippen LogP contribution in [0.2, 0.25) is 0 Å². The van der Waals surface area contributed by atoms with Crippen LogP contribution in [0.25, 0.3) is 0 Å². The lowest BCUT2D eigenvalue weighted by Gasteiger charge is -2.14. The lowest BCUT2D eigenvalue weighted by atomic mass is 10.4. The van der Waals surface area contributed by atoms with Gasteiger partial charge in [-0.05, 0) is 6.07 Å². The lowest BCUT2D eigenvalue weighted by molar-refractivity contribution is -0.385. The molecule has 1 saturated heterocycles. The van der Waals surface area contributed by atoms with E-state index in [1.54, 1.807) is 0 Å². The number of nitrogens with two attached hydrogens (primary N) is 1. The Bertz CT molecular complexity index is 627. The average molecular weight is 286 g/mol. The standard InChI is InChI=1S/C9H10N4O5S/c10-19(17,18)7-3-9(14)12(5-7)8-2-1-6(4-11-8)13(15)16/h1-2,4,7H,3,5H2,(H2,10,17,18). The molecule has 1 aromatic rings. The molecule has 19 heavy (non-hydrogen) atoms. The minimum absolute atomic E-state index is 0.0948. The topological polar surface area (TPSA) is 136 Å². The van der Waals surface area contributed by atoms with E-state index in [9.17, 15) is 23.3 Å². The van der Waals surface area contributed by atoms with Gasteiger partial charge in [0, 0.05) is 19.0 Å².